The lowest BCUT2D eigenvalue weighted by Gasteiger charge is -2.20. The first-order valence-corrected chi connectivity index (χ1v) is 12.5. The van der Waals surface area contributed by atoms with Gasteiger partial charge in [0.2, 0.25) is 5.95 Å². The third-order valence-corrected chi connectivity index (χ3v) is 6.95. The van der Waals surface area contributed by atoms with Gasteiger partial charge in [-0.15, -0.1) is 0 Å². The van der Waals surface area contributed by atoms with Crippen LogP contribution in [-0.4, -0.2) is 35.5 Å². The topological polar surface area (TPSA) is 46.1 Å². The van der Waals surface area contributed by atoms with Gasteiger partial charge in [-0.3, -0.25) is 4.79 Å². The Labute approximate surface area is 239 Å². The Morgan fingerprint density at radius 1 is 1.00 bits per heavy atom. The van der Waals surface area contributed by atoms with Crippen LogP contribution in [0.3, 0.4) is 0 Å². The molecular weight excluding hydrogens is 610 g/mol. The number of hydrogen-bond donors (Lipinski definition) is 0. The third kappa shape index (κ3) is 7.44. The molecule has 40 heavy (non-hydrogen) atoms. The van der Waals surface area contributed by atoms with Crippen molar-refractivity contribution in [2.24, 2.45) is 0 Å². The number of alkyl halides is 6. The summed E-state index contributed by atoms with van der Waals surface area (Å²) in [6.45, 7) is 1.32. The van der Waals surface area contributed by atoms with Gasteiger partial charge in [0, 0.05) is 30.6 Å². The molecular formula is C26H19Cl3F7N3O. The highest BCUT2D eigenvalue weighted by atomic mass is 35.5. The predicted molar refractivity (Wildman–Crippen MR) is 140 cm³/mol. The van der Waals surface area contributed by atoms with E-state index in [0.717, 1.165) is 23.8 Å². The van der Waals surface area contributed by atoms with E-state index < -0.39 is 58.7 Å². The van der Waals surface area contributed by atoms with Crippen LogP contribution in [0.15, 0.2) is 48.8 Å². The zero-order chi connectivity index (χ0) is 30.0. The average molecular weight is 629 g/mol. The molecule has 0 saturated carbocycles. The van der Waals surface area contributed by atoms with E-state index in [1.54, 1.807) is 0 Å². The molecule has 0 amide bonds. The summed E-state index contributed by atoms with van der Waals surface area (Å²) in [5.74, 6) is -5.14. The Morgan fingerprint density at radius 3 is 2.08 bits per heavy atom. The van der Waals surface area contributed by atoms with Crippen molar-refractivity contribution < 1.29 is 35.5 Å². The Kier molecular flexibility index (Phi) is 9.74. The van der Waals surface area contributed by atoms with Crippen molar-refractivity contribution >= 4 is 52.4 Å². The highest BCUT2D eigenvalue weighted by Crippen LogP contribution is 2.43. The van der Waals surface area contributed by atoms with Crippen molar-refractivity contribution in [3.63, 3.8) is 0 Å². The molecule has 14 heteroatoms. The molecule has 3 rings (SSSR count). The monoisotopic (exact) mass is 627 g/mol. The summed E-state index contributed by atoms with van der Waals surface area (Å²) < 4.78 is 98.2. The normalized spacial score (nSPS) is 13.3. The van der Waals surface area contributed by atoms with Gasteiger partial charge in [-0.05, 0) is 41.8 Å². The number of benzene rings is 2. The molecule has 4 nitrogen and oxygen atoms in total. The molecule has 0 spiro atoms. The number of carbonyl (C=O) groups is 1. The smallest absolute Gasteiger partial charge is 0.336 e. The van der Waals surface area contributed by atoms with Crippen molar-refractivity contribution in [1.82, 2.24) is 9.97 Å². The van der Waals surface area contributed by atoms with Crippen LogP contribution in [0.5, 0.6) is 0 Å². The maximum absolute atomic E-state index is 15.1. The number of aryl methyl sites for hydroxylation is 1. The van der Waals surface area contributed by atoms with E-state index in [1.807, 2.05) is 6.92 Å². The first-order valence-electron chi connectivity index (χ1n) is 11.4. The molecule has 3 aromatic rings. The van der Waals surface area contributed by atoms with Gasteiger partial charge in [0.25, 0.3) is 0 Å². The van der Waals surface area contributed by atoms with E-state index >= 15 is 4.39 Å². The van der Waals surface area contributed by atoms with Gasteiger partial charge in [-0.2, -0.15) is 26.3 Å². The summed E-state index contributed by atoms with van der Waals surface area (Å²) in [7, 11) is 1.40. The molecule has 0 bridgehead atoms. The minimum Gasteiger partial charge on any atom is -0.336 e. The van der Waals surface area contributed by atoms with Crippen molar-refractivity contribution in [3.05, 3.63) is 91.7 Å². The van der Waals surface area contributed by atoms with Crippen molar-refractivity contribution in [2.45, 2.75) is 31.6 Å². The molecule has 0 aliphatic carbocycles. The number of anilines is 1. The van der Waals surface area contributed by atoms with Crippen LogP contribution in [-0.2, 0) is 12.6 Å². The van der Waals surface area contributed by atoms with Gasteiger partial charge in [-0.1, -0.05) is 53.9 Å². The minimum absolute atomic E-state index is 0.0882. The van der Waals surface area contributed by atoms with Crippen LogP contribution in [0, 0.1) is 0 Å². The number of halogens is 10. The number of rotatable bonds is 8. The molecule has 0 aliphatic heterocycles. The number of aromatic nitrogens is 2. The Morgan fingerprint density at radius 2 is 1.57 bits per heavy atom. The van der Waals surface area contributed by atoms with Crippen molar-refractivity contribution in [3.8, 4) is 0 Å². The van der Waals surface area contributed by atoms with E-state index in [1.165, 1.54) is 24.3 Å². The van der Waals surface area contributed by atoms with E-state index in [0.29, 0.717) is 12.5 Å². The second-order valence-corrected chi connectivity index (χ2v) is 9.81. The van der Waals surface area contributed by atoms with Crippen LogP contribution in [0.1, 0.15) is 45.5 Å². The number of hydrogen-bond acceptors (Lipinski definition) is 4. The average Bonchev–Trinajstić information content (AvgIpc) is 2.88. The Hall–Kier alpha value is -2.89. The number of carbonyl (C=O) groups excluding carboxylic acids is 1. The fraction of sp³-hybridized carbons (Fsp3) is 0.269. The molecule has 214 valence electrons. The van der Waals surface area contributed by atoms with Crippen molar-refractivity contribution in [1.29, 1.82) is 0 Å². The third-order valence-electron chi connectivity index (χ3n) is 5.75. The minimum atomic E-state index is -5.13. The van der Waals surface area contributed by atoms with Gasteiger partial charge < -0.3 is 4.90 Å². The van der Waals surface area contributed by atoms with Crippen LogP contribution >= 0.6 is 34.8 Å². The van der Waals surface area contributed by atoms with Gasteiger partial charge in [0.1, 0.15) is 11.7 Å². The number of ketones is 1. The van der Waals surface area contributed by atoms with E-state index in [4.69, 9.17) is 34.8 Å². The number of allylic oxidation sites excluding steroid dienone is 1. The molecule has 0 N–H and O–H groups in total. The molecule has 0 aliphatic rings. The van der Waals surface area contributed by atoms with Gasteiger partial charge in [0.05, 0.1) is 27.2 Å². The fourth-order valence-electron chi connectivity index (χ4n) is 3.65. The van der Waals surface area contributed by atoms with Crippen molar-refractivity contribution in [2.75, 3.05) is 18.5 Å². The molecule has 1 unspecified atom stereocenters. The summed E-state index contributed by atoms with van der Waals surface area (Å²) in [6.07, 6.45) is -6.43. The summed E-state index contributed by atoms with van der Waals surface area (Å²) >= 11 is 17.4. The van der Waals surface area contributed by atoms with Crippen LogP contribution in [0.25, 0.3) is 5.83 Å². The van der Waals surface area contributed by atoms with Gasteiger partial charge in [0.15, 0.2) is 5.78 Å². The molecule has 1 aromatic heterocycles. The van der Waals surface area contributed by atoms with Gasteiger partial charge in [-0.25, -0.2) is 14.4 Å². The van der Waals surface area contributed by atoms with Crippen LogP contribution < -0.4 is 4.90 Å². The van der Waals surface area contributed by atoms with E-state index in [9.17, 15) is 31.1 Å². The lowest BCUT2D eigenvalue weighted by atomic mass is 9.95. The number of nitrogens with zero attached hydrogens (tertiary/aromatic N) is 3. The summed E-state index contributed by atoms with van der Waals surface area (Å²) in [4.78, 5) is 22.1. The highest BCUT2D eigenvalue weighted by molar-refractivity contribution is 6.48. The first kappa shape index (κ1) is 31.6. The number of Topliss-reactive ketones (excluding diaryl/α,β-unsaturated/α-hetero) is 1. The second-order valence-electron chi connectivity index (χ2n) is 8.61. The van der Waals surface area contributed by atoms with Gasteiger partial charge >= 0.3 is 12.4 Å². The van der Waals surface area contributed by atoms with E-state index in [2.05, 4.69) is 9.97 Å². The second kappa shape index (κ2) is 12.3. The molecule has 0 radical (unpaired) electrons. The number of likely N-dealkylation sites (N-methyl/N-ethyl adjacent to an activating group) is 1. The largest absolute Gasteiger partial charge is 0.417 e. The molecule has 2 aromatic carbocycles. The zero-order valence-electron chi connectivity index (χ0n) is 20.6. The highest BCUT2D eigenvalue weighted by Gasteiger charge is 2.41. The lowest BCUT2D eigenvalue weighted by Crippen LogP contribution is -2.28. The predicted octanol–water partition coefficient (Wildman–Crippen LogP) is 8.99. The molecule has 1 heterocycles. The molecule has 0 saturated heterocycles. The van der Waals surface area contributed by atoms with E-state index in [-0.39, 0.29) is 33.2 Å². The maximum Gasteiger partial charge on any atom is 0.417 e. The summed E-state index contributed by atoms with van der Waals surface area (Å²) in [5, 5.41) is -0.875. The summed E-state index contributed by atoms with van der Waals surface area (Å²) in [6, 6.07) is 3.44. The van der Waals surface area contributed by atoms with Crippen LogP contribution in [0.2, 0.25) is 15.1 Å². The Bertz CT molecular complexity index is 1400. The summed E-state index contributed by atoms with van der Waals surface area (Å²) in [5.41, 5.74) is -2.91. The fourth-order valence-corrected chi connectivity index (χ4v) is 4.26. The molecule has 1 atom stereocenters. The Balaban J connectivity index is 1.98. The zero-order valence-corrected chi connectivity index (χ0v) is 22.9. The first-order chi connectivity index (χ1) is 18.5. The maximum atomic E-state index is 15.1. The van der Waals surface area contributed by atoms with Crippen LogP contribution in [0.4, 0.5) is 36.7 Å². The SMILES string of the molecule is CCc1cnc(N(C)CC(=O)c2ccc(/C(F)=C/C(c3cc(Cl)c(Cl)c(Cl)c3)C(F)(F)F)cc2C(F)(F)F)nc1. The lowest BCUT2D eigenvalue weighted by molar-refractivity contribution is -0.140. The quantitative estimate of drug-likeness (QED) is 0.142. The standard InChI is InChI=1S/C26H19Cl3F7N3O/c1-3-13-10-37-24(38-11-13)39(2)12-22(40)16-5-4-14(6-18(16)26(34,35)36)21(30)9-17(25(31,32)33)15-7-19(27)23(29)20(28)8-15/h4-11,17H,3,12H2,1-2H3/b21-9-. The molecule has 0 fully saturated rings.